The Kier molecular flexibility index (Phi) is 43.2. The van der Waals surface area contributed by atoms with E-state index in [1.165, 1.54) is 17.8 Å². The molecule has 0 unspecified atom stereocenters. The van der Waals surface area contributed by atoms with E-state index in [-0.39, 0.29) is 71.8 Å². The van der Waals surface area contributed by atoms with Gasteiger partial charge in [-0.25, -0.2) is 0 Å². The van der Waals surface area contributed by atoms with Crippen molar-refractivity contribution in [2.45, 2.75) is 34.6 Å². The number of carbonyl (C=O) groups is 4. The molecule has 202 valence electrons. The van der Waals surface area contributed by atoms with Gasteiger partial charge in [-0.15, -0.1) is 18.3 Å². The third-order valence-corrected chi connectivity index (χ3v) is 3.48. The molecule has 13 heteroatoms. The van der Waals surface area contributed by atoms with Crippen LogP contribution in [-0.4, -0.2) is 85.7 Å². The average molecular weight is 511 g/mol. The van der Waals surface area contributed by atoms with Gasteiger partial charge in [-0.05, 0) is 12.3 Å². The van der Waals surface area contributed by atoms with Crippen molar-refractivity contribution in [3.63, 3.8) is 0 Å². The van der Waals surface area contributed by atoms with Crippen LogP contribution in [0.5, 0.6) is 0 Å². The largest absolute Gasteiger partial charge is 0.392 e. The molecule has 0 aromatic carbocycles. The van der Waals surface area contributed by atoms with Crippen molar-refractivity contribution >= 4 is 35.4 Å². The van der Waals surface area contributed by atoms with Crippen molar-refractivity contribution in [3.8, 4) is 0 Å². The molecule has 0 aromatic rings. The predicted octanol–water partition coefficient (Wildman–Crippen LogP) is -1.21. The Hall–Kier alpha value is -2.45. The van der Waals surface area contributed by atoms with Crippen molar-refractivity contribution in [2.24, 2.45) is 11.5 Å². The van der Waals surface area contributed by atoms with Gasteiger partial charge in [0.05, 0.1) is 32.2 Å². The normalized spacial score (nSPS) is 8.85. The molecule has 34 heavy (non-hydrogen) atoms. The van der Waals surface area contributed by atoms with E-state index in [2.05, 4.69) is 27.8 Å². The molecular weight excluding hydrogens is 464 g/mol. The number of aliphatic hydroxyl groups is 2. The minimum atomic E-state index is -0.446. The van der Waals surface area contributed by atoms with Gasteiger partial charge >= 0.3 is 0 Å². The standard InChI is InChI=1S/C11H20N4O4S.C5H12N2O.C3H6O.2CH4/c12-3-2-9(17)13-6-10(18)14-7-11(19)15-8-20-5-1-4-16;1-2-7-5(8)3-4-6;1-2-3-4;;/h1,5,16H,2-4,6-8,12H2,(H,13,17)(H,14,18)(H,15,19);2-4,6H2,1H3,(H,7,8);2,4H,1,3H2;2*1H4. The van der Waals surface area contributed by atoms with E-state index < -0.39 is 5.91 Å². The first-order valence-electron chi connectivity index (χ1n) is 9.88. The van der Waals surface area contributed by atoms with Gasteiger partial charge < -0.3 is 42.9 Å². The molecule has 0 heterocycles. The van der Waals surface area contributed by atoms with Crippen molar-refractivity contribution in [3.05, 3.63) is 24.1 Å². The summed E-state index contributed by atoms with van der Waals surface area (Å²) in [6.45, 7) is 6.16. The summed E-state index contributed by atoms with van der Waals surface area (Å²) in [5.74, 6) is -0.706. The fourth-order valence-corrected chi connectivity index (χ4v) is 1.96. The molecule has 12 nitrogen and oxygen atoms in total. The molecule has 0 bridgehead atoms. The van der Waals surface area contributed by atoms with E-state index in [1.54, 1.807) is 11.5 Å². The molecule has 0 rings (SSSR count). The van der Waals surface area contributed by atoms with E-state index in [4.69, 9.17) is 21.7 Å². The molecule has 0 atom stereocenters. The highest BCUT2D eigenvalue weighted by Crippen LogP contribution is 1.97. The van der Waals surface area contributed by atoms with Crippen molar-refractivity contribution in [1.29, 1.82) is 0 Å². The molecule has 0 fully saturated rings. The summed E-state index contributed by atoms with van der Waals surface area (Å²) in [5.41, 5.74) is 10.3. The Labute approximate surface area is 208 Å². The molecule has 0 spiro atoms. The molecule has 0 aromatic heterocycles. The fraction of sp³-hybridized carbons (Fsp3) is 0.619. The SMILES string of the molecule is C.C.C=CCO.CCNC(=O)CCN.NCCC(=O)NCC(=O)NCC(=O)NCSC=CCO. The third kappa shape index (κ3) is 40.0. The summed E-state index contributed by atoms with van der Waals surface area (Å²) < 4.78 is 0. The van der Waals surface area contributed by atoms with Crippen LogP contribution in [0.25, 0.3) is 0 Å². The Morgan fingerprint density at radius 3 is 1.68 bits per heavy atom. The molecule has 0 aliphatic rings. The van der Waals surface area contributed by atoms with Crippen molar-refractivity contribution in [1.82, 2.24) is 21.3 Å². The Morgan fingerprint density at radius 1 is 0.824 bits per heavy atom. The number of nitrogens with two attached hydrogens (primary N) is 2. The van der Waals surface area contributed by atoms with E-state index in [9.17, 15) is 19.2 Å². The first-order valence-corrected chi connectivity index (χ1v) is 10.9. The van der Waals surface area contributed by atoms with Crippen LogP contribution in [0.2, 0.25) is 0 Å². The van der Waals surface area contributed by atoms with Gasteiger partial charge in [0, 0.05) is 32.5 Å². The van der Waals surface area contributed by atoms with E-state index in [0.29, 0.717) is 25.4 Å². The average Bonchev–Trinajstić information content (AvgIpc) is 2.77. The minimum absolute atomic E-state index is 0. The quantitative estimate of drug-likeness (QED) is 0.0799. The number of nitrogens with one attached hydrogen (secondary N) is 4. The molecule has 0 saturated heterocycles. The number of thioether (sulfide) groups is 1. The van der Waals surface area contributed by atoms with Crippen LogP contribution in [0, 0.1) is 0 Å². The van der Waals surface area contributed by atoms with Crippen LogP contribution in [0.4, 0.5) is 0 Å². The smallest absolute Gasteiger partial charge is 0.240 e. The lowest BCUT2D eigenvalue weighted by Crippen LogP contribution is -2.42. The van der Waals surface area contributed by atoms with E-state index in [0.717, 1.165) is 0 Å². The van der Waals surface area contributed by atoms with Gasteiger partial charge in [0.25, 0.3) is 0 Å². The Morgan fingerprint density at radius 2 is 1.26 bits per heavy atom. The molecule has 0 saturated carbocycles. The Balaban J connectivity index is -0.000000167. The molecule has 0 radical (unpaired) electrons. The lowest BCUT2D eigenvalue weighted by atomic mass is 10.4. The summed E-state index contributed by atoms with van der Waals surface area (Å²) in [4.78, 5) is 44.1. The molecule has 0 aliphatic carbocycles. The fourth-order valence-electron chi connectivity index (χ4n) is 1.40. The number of hydrogen-bond acceptors (Lipinski definition) is 9. The first kappa shape index (κ1) is 41.8. The highest BCUT2D eigenvalue weighted by atomic mass is 32.2. The summed E-state index contributed by atoms with van der Waals surface area (Å²) in [6, 6.07) is 0. The number of rotatable bonds is 14. The van der Waals surface area contributed by atoms with Gasteiger partial charge in [-0.2, -0.15) is 0 Å². The lowest BCUT2D eigenvalue weighted by Gasteiger charge is -2.07. The number of carbonyl (C=O) groups excluding carboxylic acids is 4. The number of aliphatic hydroxyl groups excluding tert-OH is 2. The molecule has 10 N–H and O–H groups in total. The number of hydrogen-bond donors (Lipinski definition) is 8. The van der Waals surface area contributed by atoms with Gasteiger partial charge in [0.15, 0.2) is 0 Å². The van der Waals surface area contributed by atoms with Crippen LogP contribution in [0.15, 0.2) is 24.1 Å². The Bertz CT molecular complexity index is 542. The monoisotopic (exact) mass is 510 g/mol. The van der Waals surface area contributed by atoms with E-state index in [1.807, 2.05) is 6.92 Å². The van der Waals surface area contributed by atoms with Gasteiger partial charge in [0.2, 0.25) is 23.6 Å². The molecule has 0 aliphatic heterocycles. The maximum atomic E-state index is 11.3. The summed E-state index contributed by atoms with van der Waals surface area (Å²) >= 11 is 1.31. The lowest BCUT2D eigenvalue weighted by molar-refractivity contribution is -0.127. The van der Waals surface area contributed by atoms with Gasteiger partial charge in [0.1, 0.15) is 0 Å². The second kappa shape index (κ2) is 35.1. The third-order valence-electron chi connectivity index (χ3n) is 2.79. The highest BCUT2D eigenvalue weighted by Gasteiger charge is 2.06. The van der Waals surface area contributed by atoms with Crippen molar-refractivity contribution in [2.75, 3.05) is 51.8 Å². The van der Waals surface area contributed by atoms with E-state index >= 15 is 0 Å². The highest BCUT2D eigenvalue weighted by molar-refractivity contribution is 8.02. The van der Waals surface area contributed by atoms with Crippen LogP contribution >= 0.6 is 11.8 Å². The second-order valence-corrected chi connectivity index (χ2v) is 6.42. The zero-order chi connectivity index (χ0) is 25.0. The maximum absolute atomic E-state index is 11.3. The summed E-state index contributed by atoms with van der Waals surface area (Å²) in [6.07, 6.45) is 3.57. The van der Waals surface area contributed by atoms with Crippen LogP contribution in [0.3, 0.4) is 0 Å². The predicted molar refractivity (Wildman–Crippen MR) is 140 cm³/mol. The zero-order valence-corrected chi connectivity index (χ0v) is 19.4. The van der Waals surface area contributed by atoms with Crippen LogP contribution in [0.1, 0.15) is 34.6 Å². The number of amides is 4. The van der Waals surface area contributed by atoms with Crippen LogP contribution < -0.4 is 32.7 Å². The summed E-state index contributed by atoms with van der Waals surface area (Å²) in [5, 5.41) is 27.8. The van der Waals surface area contributed by atoms with Crippen molar-refractivity contribution < 1.29 is 29.4 Å². The van der Waals surface area contributed by atoms with Crippen LogP contribution in [-0.2, 0) is 19.2 Å². The van der Waals surface area contributed by atoms with Gasteiger partial charge in [-0.3, -0.25) is 19.2 Å². The zero-order valence-electron chi connectivity index (χ0n) is 18.6. The second-order valence-electron chi connectivity index (χ2n) is 5.52. The molecule has 4 amide bonds. The first-order chi connectivity index (χ1) is 15.3. The molecular formula is C21H46N6O6S. The minimum Gasteiger partial charge on any atom is -0.392 e. The van der Waals surface area contributed by atoms with Gasteiger partial charge in [-0.1, -0.05) is 27.0 Å². The maximum Gasteiger partial charge on any atom is 0.240 e. The topological polar surface area (TPSA) is 209 Å². The summed E-state index contributed by atoms with van der Waals surface area (Å²) in [7, 11) is 0.